The Bertz CT molecular complexity index is 261. The predicted octanol–water partition coefficient (Wildman–Crippen LogP) is -0.370. The minimum Gasteiger partial charge on any atom is -0.250 e. The molecule has 1 unspecified atom stereocenters. The zero-order valence-electron chi connectivity index (χ0n) is 7.79. The summed E-state index contributed by atoms with van der Waals surface area (Å²) in [5.41, 5.74) is 2.87. The lowest BCUT2D eigenvalue weighted by molar-refractivity contribution is 0.189. The van der Waals surface area contributed by atoms with Crippen molar-refractivity contribution in [2.24, 2.45) is 0 Å². The molecule has 1 N–H and O–H groups in total. The van der Waals surface area contributed by atoms with E-state index in [2.05, 4.69) is 5.43 Å². The molecule has 1 aliphatic rings. The molecule has 0 aromatic heterocycles. The topological polar surface area (TPSA) is 49.4 Å². The van der Waals surface area contributed by atoms with Gasteiger partial charge in [0.15, 0.2) is 9.84 Å². The van der Waals surface area contributed by atoms with Gasteiger partial charge in [-0.15, -0.1) is 0 Å². The molecule has 1 saturated heterocycles. The molecule has 1 fully saturated rings. The van der Waals surface area contributed by atoms with Crippen molar-refractivity contribution in [1.29, 1.82) is 0 Å². The van der Waals surface area contributed by atoms with Crippen LogP contribution in [0.5, 0.6) is 0 Å². The summed E-state index contributed by atoms with van der Waals surface area (Å²) in [4.78, 5) is 0. The van der Waals surface area contributed by atoms with Gasteiger partial charge >= 0.3 is 0 Å². The first-order chi connectivity index (χ1) is 5.33. The van der Waals surface area contributed by atoms with E-state index in [1.807, 2.05) is 21.0 Å². The molecule has 0 aromatic carbocycles. The summed E-state index contributed by atoms with van der Waals surface area (Å²) in [6.07, 6.45) is 0.702. The Morgan fingerprint density at radius 1 is 1.42 bits per heavy atom. The molecule has 5 heteroatoms. The molecule has 1 atom stereocenters. The fraction of sp³-hybridized carbons (Fsp3) is 1.00. The Labute approximate surface area is 73.8 Å². The van der Waals surface area contributed by atoms with Crippen molar-refractivity contribution in [3.8, 4) is 0 Å². The second-order valence-electron chi connectivity index (χ2n) is 3.91. The van der Waals surface area contributed by atoms with Crippen molar-refractivity contribution < 1.29 is 8.42 Å². The lowest BCUT2D eigenvalue weighted by atomic mass is 10.0. The van der Waals surface area contributed by atoms with Gasteiger partial charge in [0, 0.05) is 19.6 Å². The second-order valence-corrected chi connectivity index (χ2v) is 6.09. The van der Waals surface area contributed by atoms with Crippen LogP contribution >= 0.6 is 0 Å². The molecule has 0 aliphatic carbocycles. The molecular weight excluding hydrogens is 176 g/mol. The standard InChI is InChI=1S/C7H16N2O2S/c1-7(8-9(2)3)4-5-12(10,11)6-7/h8H,4-6H2,1-3H3. The summed E-state index contributed by atoms with van der Waals surface area (Å²) >= 11 is 0. The van der Waals surface area contributed by atoms with Gasteiger partial charge in [0.2, 0.25) is 0 Å². The van der Waals surface area contributed by atoms with Crippen LogP contribution in [0.3, 0.4) is 0 Å². The molecule has 72 valence electrons. The largest absolute Gasteiger partial charge is 0.250 e. The van der Waals surface area contributed by atoms with Crippen LogP contribution in [0.1, 0.15) is 13.3 Å². The highest BCUT2D eigenvalue weighted by molar-refractivity contribution is 7.91. The number of sulfone groups is 1. The summed E-state index contributed by atoms with van der Waals surface area (Å²) in [5, 5.41) is 1.81. The van der Waals surface area contributed by atoms with Gasteiger partial charge in [0.25, 0.3) is 0 Å². The molecular formula is C7H16N2O2S. The van der Waals surface area contributed by atoms with E-state index >= 15 is 0 Å². The molecule has 1 rings (SSSR count). The van der Waals surface area contributed by atoms with Crippen molar-refractivity contribution in [2.45, 2.75) is 18.9 Å². The van der Waals surface area contributed by atoms with Gasteiger partial charge in [0.05, 0.1) is 11.5 Å². The Morgan fingerprint density at radius 3 is 2.33 bits per heavy atom. The van der Waals surface area contributed by atoms with Crippen molar-refractivity contribution in [3.05, 3.63) is 0 Å². The second kappa shape index (κ2) is 2.97. The quantitative estimate of drug-likeness (QED) is 0.606. The van der Waals surface area contributed by atoms with Gasteiger partial charge in [0.1, 0.15) is 0 Å². The maximum atomic E-state index is 11.2. The van der Waals surface area contributed by atoms with E-state index in [9.17, 15) is 8.42 Å². The molecule has 1 aliphatic heterocycles. The van der Waals surface area contributed by atoms with Crippen molar-refractivity contribution >= 4 is 9.84 Å². The van der Waals surface area contributed by atoms with Crippen molar-refractivity contribution in [2.75, 3.05) is 25.6 Å². The van der Waals surface area contributed by atoms with Gasteiger partial charge in [-0.25, -0.2) is 13.8 Å². The molecule has 0 radical (unpaired) electrons. The third kappa shape index (κ3) is 2.43. The monoisotopic (exact) mass is 192 g/mol. The van der Waals surface area contributed by atoms with E-state index in [1.54, 1.807) is 5.01 Å². The fourth-order valence-corrected chi connectivity index (χ4v) is 3.72. The van der Waals surface area contributed by atoms with E-state index < -0.39 is 9.84 Å². The first-order valence-corrected chi connectivity index (χ1v) is 5.81. The number of hydrazine groups is 1. The third-order valence-electron chi connectivity index (χ3n) is 2.00. The maximum absolute atomic E-state index is 11.2. The average Bonchev–Trinajstić information content (AvgIpc) is 2.03. The molecule has 0 aromatic rings. The van der Waals surface area contributed by atoms with Crippen LogP contribution in [-0.4, -0.2) is 44.6 Å². The highest BCUT2D eigenvalue weighted by Gasteiger charge is 2.38. The fourth-order valence-electron chi connectivity index (χ4n) is 1.64. The zero-order chi connectivity index (χ0) is 9.41. The maximum Gasteiger partial charge on any atom is 0.152 e. The van der Waals surface area contributed by atoms with Crippen LogP contribution in [0, 0.1) is 0 Å². The molecule has 0 saturated carbocycles. The third-order valence-corrected chi connectivity index (χ3v) is 3.90. The van der Waals surface area contributed by atoms with Gasteiger partial charge in [-0.2, -0.15) is 0 Å². The highest BCUT2D eigenvalue weighted by Crippen LogP contribution is 2.22. The highest BCUT2D eigenvalue weighted by atomic mass is 32.2. The minimum absolute atomic E-state index is 0.248. The van der Waals surface area contributed by atoms with Crippen LogP contribution in [0.15, 0.2) is 0 Å². The van der Waals surface area contributed by atoms with Crippen molar-refractivity contribution in [1.82, 2.24) is 10.4 Å². The van der Waals surface area contributed by atoms with Crippen LogP contribution in [0.2, 0.25) is 0 Å². The smallest absolute Gasteiger partial charge is 0.152 e. The molecule has 0 spiro atoms. The van der Waals surface area contributed by atoms with Crippen LogP contribution in [0.25, 0.3) is 0 Å². The molecule has 0 amide bonds. The number of nitrogens with one attached hydrogen (secondary N) is 1. The van der Waals surface area contributed by atoms with E-state index in [1.165, 1.54) is 0 Å². The number of hydrogen-bond acceptors (Lipinski definition) is 4. The zero-order valence-corrected chi connectivity index (χ0v) is 8.61. The molecule has 4 nitrogen and oxygen atoms in total. The lowest BCUT2D eigenvalue weighted by Gasteiger charge is -2.28. The van der Waals surface area contributed by atoms with E-state index in [4.69, 9.17) is 0 Å². The first-order valence-electron chi connectivity index (χ1n) is 3.99. The Balaban J connectivity index is 2.65. The Kier molecular flexibility index (Phi) is 2.47. The van der Waals surface area contributed by atoms with Crippen LogP contribution in [-0.2, 0) is 9.84 Å². The summed E-state index contributed by atoms with van der Waals surface area (Å²) in [6.45, 7) is 1.94. The Morgan fingerprint density at radius 2 is 2.00 bits per heavy atom. The van der Waals surface area contributed by atoms with Crippen LogP contribution in [0.4, 0.5) is 0 Å². The van der Waals surface area contributed by atoms with E-state index in [0.717, 1.165) is 0 Å². The van der Waals surface area contributed by atoms with Gasteiger partial charge in [-0.1, -0.05) is 0 Å². The summed E-state index contributed by atoms with van der Waals surface area (Å²) < 4.78 is 22.3. The number of hydrogen-bond donors (Lipinski definition) is 1. The van der Waals surface area contributed by atoms with Crippen LogP contribution < -0.4 is 5.43 Å². The lowest BCUT2D eigenvalue weighted by Crippen LogP contribution is -2.50. The first kappa shape index (κ1) is 9.95. The summed E-state index contributed by atoms with van der Waals surface area (Å²) in [7, 11) is 0.954. The minimum atomic E-state index is -2.79. The number of rotatable bonds is 2. The summed E-state index contributed by atoms with van der Waals surface area (Å²) in [5.74, 6) is 0.558. The number of nitrogens with zero attached hydrogens (tertiary/aromatic N) is 1. The van der Waals surface area contributed by atoms with Gasteiger partial charge in [-0.3, -0.25) is 5.01 Å². The SMILES string of the molecule is CN(C)NC1(C)CCS(=O)(=O)C1. The predicted molar refractivity (Wildman–Crippen MR) is 48.5 cm³/mol. The van der Waals surface area contributed by atoms with Gasteiger partial charge in [-0.05, 0) is 13.3 Å². The average molecular weight is 192 g/mol. The summed E-state index contributed by atoms with van der Waals surface area (Å²) in [6, 6.07) is 0. The van der Waals surface area contributed by atoms with E-state index in [0.29, 0.717) is 12.2 Å². The van der Waals surface area contributed by atoms with E-state index in [-0.39, 0.29) is 11.3 Å². The van der Waals surface area contributed by atoms with Gasteiger partial charge < -0.3 is 0 Å². The normalized spacial score (nSPS) is 34.3. The molecule has 0 bridgehead atoms. The van der Waals surface area contributed by atoms with Crippen molar-refractivity contribution in [3.63, 3.8) is 0 Å². The molecule has 1 heterocycles. The Hall–Kier alpha value is -0.130. The molecule has 12 heavy (non-hydrogen) atoms.